The Labute approximate surface area is 191 Å². The number of allylic oxidation sites excluding steroid dienone is 1. The van der Waals surface area contributed by atoms with Crippen LogP contribution in [0.1, 0.15) is 34.5 Å². The van der Waals surface area contributed by atoms with Crippen LogP contribution in [0, 0.1) is 0 Å². The molecule has 0 unspecified atom stereocenters. The van der Waals surface area contributed by atoms with Crippen LogP contribution in [0.25, 0.3) is 0 Å². The maximum Gasteiger partial charge on any atom is 0.338 e. The van der Waals surface area contributed by atoms with E-state index in [9.17, 15) is 14.4 Å². The normalized spacial score (nSPS) is 15.4. The molecule has 1 aliphatic rings. The lowest BCUT2D eigenvalue weighted by molar-refractivity contribution is -0.140. The van der Waals surface area contributed by atoms with E-state index >= 15 is 0 Å². The number of hydrogen-bond donors (Lipinski definition) is 2. The predicted molar refractivity (Wildman–Crippen MR) is 118 cm³/mol. The Morgan fingerprint density at radius 2 is 1.64 bits per heavy atom. The van der Waals surface area contributed by atoms with Crippen molar-refractivity contribution in [2.24, 2.45) is 0 Å². The summed E-state index contributed by atoms with van der Waals surface area (Å²) >= 11 is 0. The number of urea groups is 1. The van der Waals surface area contributed by atoms with Gasteiger partial charge in [0.15, 0.2) is 0 Å². The highest BCUT2D eigenvalue weighted by molar-refractivity contribution is 5.95. The molecule has 1 atom stereocenters. The fourth-order valence-corrected chi connectivity index (χ4v) is 3.29. The first-order valence-corrected chi connectivity index (χ1v) is 10.3. The first kappa shape index (κ1) is 23.8. The van der Waals surface area contributed by atoms with Crippen LogP contribution in [0.5, 0.6) is 5.75 Å². The number of nitrogens with one attached hydrogen (secondary N) is 2. The number of benzene rings is 2. The monoisotopic (exact) mass is 454 g/mol. The smallest absolute Gasteiger partial charge is 0.338 e. The second kappa shape index (κ2) is 11.1. The fourth-order valence-electron chi connectivity index (χ4n) is 3.29. The highest BCUT2D eigenvalue weighted by atomic mass is 16.6. The minimum absolute atomic E-state index is 0.111. The zero-order chi connectivity index (χ0) is 23.8. The van der Waals surface area contributed by atoms with Gasteiger partial charge >= 0.3 is 18.0 Å². The Hall–Kier alpha value is -3.85. The second-order valence-electron chi connectivity index (χ2n) is 7.25. The van der Waals surface area contributed by atoms with Gasteiger partial charge in [-0.05, 0) is 42.3 Å². The molecule has 2 aromatic rings. The topological polar surface area (TPSA) is 112 Å². The number of carbonyl (C=O) groups excluding carboxylic acids is 3. The van der Waals surface area contributed by atoms with Crippen molar-refractivity contribution >= 4 is 18.0 Å². The quantitative estimate of drug-likeness (QED) is 0.443. The second-order valence-corrected chi connectivity index (χ2v) is 7.25. The van der Waals surface area contributed by atoms with Gasteiger partial charge in [-0.25, -0.2) is 14.4 Å². The van der Waals surface area contributed by atoms with Crippen LogP contribution in [0.15, 0.2) is 59.8 Å². The molecule has 0 aromatic heterocycles. The van der Waals surface area contributed by atoms with E-state index in [-0.39, 0.29) is 13.2 Å². The Balaban J connectivity index is 1.68. The van der Waals surface area contributed by atoms with Gasteiger partial charge in [-0.15, -0.1) is 0 Å². The van der Waals surface area contributed by atoms with Gasteiger partial charge in [0.25, 0.3) is 0 Å². The van der Waals surface area contributed by atoms with Crippen molar-refractivity contribution < 1.29 is 33.3 Å². The van der Waals surface area contributed by atoms with Crippen molar-refractivity contribution in [3.05, 3.63) is 76.5 Å². The fraction of sp³-hybridized carbons (Fsp3) is 0.292. The van der Waals surface area contributed by atoms with Crippen LogP contribution in [0.3, 0.4) is 0 Å². The maximum atomic E-state index is 12.6. The van der Waals surface area contributed by atoms with Gasteiger partial charge in [-0.2, -0.15) is 0 Å². The lowest BCUT2D eigenvalue weighted by Crippen LogP contribution is -2.45. The average Bonchev–Trinajstić information content (AvgIpc) is 2.82. The summed E-state index contributed by atoms with van der Waals surface area (Å²) in [7, 11) is 2.85. The molecule has 174 valence electrons. The molecule has 9 heteroatoms. The SMILES string of the molecule is COCCOC(=O)C1=C(C)NC(=O)N[C@@H]1c1ccc(OCc2ccc(C(=O)OC)cc2)cc1. The van der Waals surface area contributed by atoms with Crippen molar-refractivity contribution in [1.82, 2.24) is 10.6 Å². The summed E-state index contributed by atoms with van der Waals surface area (Å²) in [4.78, 5) is 36.1. The predicted octanol–water partition coefficient (Wildman–Crippen LogP) is 2.87. The van der Waals surface area contributed by atoms with E-state index in [4.69, 9.17) is 14.2 Å². The molecular weight excluding hydrogens is 428 g/mol. The molecule has 2 N–H and O–H groups in total. The molecule has 0 aliphatic carbocycles. The van der Waals surface area contributed by atoms with E-state index in [1.54, 1.807) is 55.5 Å². The lowest BCUT2D eigenvalue weighted by atomic mass is 9.95. The number of methoxy groups -OCH3 is 2. The van der Waals surface area contributed by atoms with E-state index in [0.29, 0.717) is 34.8 Å². The number of amides is 2. The van der Waals surface area contributed by atoms with Crippen LogP contribution in [0.2, 0.25) is 0 Å². The third kappa shape index (κ3) is 6.11. The van der Waals surface area contributed by atoms with E-state index in [2.05, 4.69) is 15.4 Å². The molecule has 1 heterocycles. The molecule has 2 aromatic carbocycles. The lowest BCUT2D eigenvalue weighted by Gasteiger charge is -2.28. The number of carbonyl (C=O) groups is 3. The number of hydrogen-bond acceptors (Lipinski definition) is 7. The summed E-state index contributed by atoms with van der Waals surface area (Å²) in [6, 6.07) is 13.0. The third-order valence-corrected chi connectivity index (χ3v) is 5.00. The van der Waals surface area contributed by atoms with E-state index in [1.807, 2.05) is 0 Å². The van der Waals surface area contributed by atoms with Crippen molar-refractivity contribution in [1.29, 1.82) is 0 Å². The van der Waals surface area contributed by atoms with Crippen LogP contribution in [-0.4, -0.2) is 45.4 Å². The van der Waals surface area contributed by atoms with Crippen molar-refractivity contribution in [2.45, 2.75) is 19.6 Å². The van der Waals surface area contributed by atoms with E-state index in [1.165, 1.54) is 14.2 Å². The molecule has 9 nitrogen and oxygen atoms in total. The molecular formula is C24H26N2O7. The highest BCUT2D eigenvalue weighted by Crippen LogP contribution is 2.29. The van der Waals surface area contributed by atoms with Crippen LogP contribution < -0.4 is 15.4 Å². The molecule has 1 aliphatic heterocycles. The molecule has 2 amide bonds. The Morgan fingerprint density at radius 3 is 2.27 bits per heavy atom. The number of rotatable bonds is 9. The van der Waals surface area contributed by atoms with Crippen LogP contribution in [-0.2, 0) is 25.6 Å². The third-order valence-electron chi connectivity index (χ3n) is 5.00. The Morgan fingerprint density at radius 1 is 0.939 bits per heavy atom. The average molecular weight is 454 g/mol. The molecule has 33 heavy (non-hydrogen) atoms. The van der Waals surface area contributed by atoms with Gasteiger partial charge in [-0.1, -0.05) is 24.3 Å². The van der Waals surface area contributed by atoms with Gasteiger partial charge in [0.2, 0.25) is 0 Å². The Kier molecular flexibility index (Phi) is 8.04. The van der Waals surface area contributed by atoms with Gasteiger partial charge in [0.05, 0.1) is 30.9 Å². The van der Waals surface area contributed by atoms with Gasteiger partial charge in [0.1, 0.15) is 19.0 Å². The standard InChI is InChI=1S/C24H26N2O7/c1-15-20(23(28)32-13-12-30-2)21(26-24(29)25-15)17-8-10-19(11-9-17)33-14-16-4-6-18(7-5-16)22(27)31-3/h4-11,21H,12-14H2,1-3H3,(H2,25,26,29)/t21-/m1/s1. The number of ether oxygens (including phenoxy) is 4. The molecule has 0 radical (unpaired) electrons. The largest absolute Gasteiger partial charge is 0.489 e. The minimum Gasteiger partial charge on any atom is -0.489 e. The van der Waals surface area contributed by atoms with Crippen molar-refractivity contribution in [2.75, 3.05) is 27.4 Å². The van der Waals surface area contributed by atoms with E-state index in [0.717, 1.165) is 5.56 Å². The summed E-state index contributed by atoms with van der Waals surface area (Å²) < 4.78 is 20.7. The molecule has 3 rings (SSSR count). The number of esters is 2. The summed E-state index contributed by atoms with van der Waals surface area (Å²) in [5, 5.41) is 5.37. The van der Waals surface area contributed by atoms with Gasteiger partial charge in [-0.3, -0.25) is 0 Å². The summed E-state index contributed by atoms with van der Waals surface area (Å²) in [6.45, 7) is 2.35. The minimum atomic E-state index is -0.659. The first-order valence-electron chi connectivity index (χ1n) is 10.3. The van der Waals surface area contributed by atoms with Crippen LogP contribution in [0.4, 0.5) is 4.79 Å². The summed E-state index contributed by atoms with van der Waals surface area (Å²) in [6.07, 6.45) is 0. The molecule has 0 saturated heterocycles. The highest BCUT2D eigenvalue weighted by Gasteiger charge is 2.32. The zero-order valence-electron chi connectivity index (χ0n) is 18.7. The van der Waals surface area contributed by atoms with Crippen LogP contribution >= 0.6 is 0 Å². The molecule has 0 spiro atoms. The maximum absolute atomic E-state index is 12.6. The Bertz CT molecular complexity index is 1030. The first-order chi connectivity index (χ1) is 15.9. The molecule has 0 saturated carbocycles. The molecule has 0 bridgehead atoms. The van der Waals surface area contributed by atoms with Gasteiger partial charge in [0, 0.05) is 12.8 Å². The zero-order valence-corrected chi connectivity index (χ0v) is 18.7. The van der Waals surface area contributed by atoms with Crippen molar-refractivity contribution in [3.8, 4) is 5.75 Å². The molecule has 0 fully saturated rings. The summed E-state index contributed by atoms with van der Waals surface area (Å²) in [5.41, 5.74) is 2.82. The van der Waals surface area contributed by atoms with Gasteiger partial charge < -0.3 is 29.6 Å². The summed E-state index contributed by atoms with van der Waals surface area (Å²) in [5.74, 6) is -0.312. The van der Waals surface area contributed by atoms with Crippen molar-refractivity contribution in [3.63, 3.8) is 0 Å². The van der Waals surface area contributed by atoms with E-state index < -0.39 is 24.0 Å².